The van der Waals surface area contributed by atoms with Gasteiger partial charge in [0.2, 0.25) is 0 Å². The molecule has 0 N–H and O–H groups in total. The van der Waals surface area contributed by atoms with Crippen molar-refractivity contribution in [3.63, 3.8) is 0 Å². The fourth-order valence-corrected chi connectivity index (χ4v) is 2.52. The number of carbonyl (C=O) groups is 1. The zero-order valence-electron chi connectivity index (χ0n) is 9.31. The lowest BCUT2D eigenvalue weighted by molar-refractivity contribution is 0.112. The number of aryl methyl sites for hydroxylation is 1. The summed E-state index contributed by atoms with van der Waals surface area (Å²) in [4.78, 5) is 10.9. The van der Waals surface area contributed by atoms with E-state index in [-0.39, 0.29) is 0 Å². The third-order valence-corrected chi connectivity index (χ3v) is 3.56. The summed E-state index contributed by atoms with van der Waals surface area (Å²) in [6, 6.07) is 5.84. The van der Waals surface area contributed by atoms with E-state index in [4.69, 9.17) is 0 Å². The van der Waals surface area contributed by atoms with E-state index >= 15 is 0 Å². The molecule has 2 aromatic rings. The van der Waals surface area contributed by atoms with Gasteiger partial charge in [-0.15, -0.1) is 0 Å². The van der Waals surface area contributed by atoms with E-state index in [1.165, 1.54) is 25.0 Å². The Morgan fingerprint density at radius 1 is 1.44 bits per heavy atom. The Labute approximate surface area is 94.1 Å². The van der Waals surface area contributed by atoms with Gasteiger partial charge in [-0.25, -0.2) is 0 Å². The SMILES string of the molecule is Cn1nc2c(C=O)cccc2c1C1CCC1. The first-order valence-electron chi connectivity index (χ1n) is 5.72. The first kappa shape index (κ1) is 9.58. The summed E-state index contributed by atoms with van der Waals surface area (Å²) in [6.45, 7) is 0. The molecule has 82 valence electrons. The largest absolute Gasteiger partial charge is 0.298 e. The minimum Gasteiger partial charge on any atom is -0.298 e. The molecule has 0 unspecified atom stereocenters. The molecular formula is C13H14N2O. The highest BCUT2D eigenvalue weighted by atomic mass is 16.1. The fraction of sp³-hybridized carbons (Fsp3) is 0.385. The molecule has 1 heterocycles. The van der Waals surface area contributed by atoms with E-state index in [0.29, 0.717) is 11.5 Å². The van der Waals surface area contributed by atoms with Crippen molar-refractivity contribution in [3.8, 4) is 0 Å². The zero-order chi connectivity index (χ0) is 11.1. The molecule has 1 aliphatic rings. The number of hydrogen-bond donors (Lipinski definition) is 0. The van der Waals surface area contributed by atoms with Gasteiger partial charge in [0.15, 0.2) is 6.29 Å². The maximum Gasteiger partial charge on any atom is 0.152 e. The Morgan fingerprint density at radius 3 is 2.88 bits per heavy atom. The summed E-state index contributed by atoms with van der Waals surface area (Å²) in [7, 11) is 1.97. The van der Waals surface area contributed by atoms with Gasteiger partial charge in [0.05, 0.1) is 0 Å². The van der Waals surface area contributed by atoms with E-state index < -0.39 is 0 Å². The predicted octanol–water partition coefficient (Wildman–Crippen LogP) is 2.65. The molecule has 3 nitrogen and oxygen atoms in total. The molecule has 0 saturated heterocycles. The van der Waals surface area contributed by atoms with Crippen LogP contribution in [0, 0.1) is 0 Å². The molecule has 1 aromatic heterocycles. The number of hydrogen-bond acceptors (Lipinski definition) is 2. The van der Waals surface area contributed by atoms with Crippen LogP contribution >= 0.6 is 0 Å². The van der Waals surface area contributed by atoms with Crippen molar-refractivity contribution in [2.75, 3.05) is 0 Å². The lowest BCUT2D eigenvalue weighted by Crippen LogP contribution is -2.13. The molecule has 0 atom stereocenters. The third kappa shape index (κ3) is 1.21. The summed E-state index contributed by atoms with van der Waals surface area (Å²) < 4.78 is 1.95. The Bertz CT molecular complexity index is 552. The van der Waals surface area contributed by atoms with Gasteiger partial charge in [0.25, 0.3) is 0 Å². The van der Waals surface area contributed by atoms with E-state index in [9.17, 15) is 4.79 Å². The van der Waals surface area contributed by atoms with Gasteiger partial charge in [-0.05, 0) is 18.9 Å². The van der Waals surface area contributed by atoms with Crippen LogP contribution in [0.15, 0.2) is 18.2 Å². The second kappa shape index (κ2) is 3.44. The topological polar surface area (TPSA) is 34.9 Å². The van der Waals surface area contributed by atoms with Crippen LogP contribution in [0.5, 0.6) is 0 Å². The van der Waals surface area contributed by atoms with Crippen molar-refractivity contribution in [1.82, 2.24) is 9.78 Å². The second-order valence-electron chi connectivity index (χ2n) is 4.50. The van der Waals surface area contributed by atoms with E-state index in [1.807, 2.05) is 23.9 Å². The molecule has 1 aromatic carbocycles. The van der Waals surface area contributed by atoms with Crippen LogP contribution in [-0.4, -0.2) is 16.1 Å². The van der Waals surface area contributed by atoms with Gasteiger partial charge in [-0.2, -0.15) is 5.10 Å². The van der Waals surface area contributed by atoms with Crippen molar-refractivity contribution in [1.29, 1.82) is 0 Å². The smallest absolute Gasteiger partial charge is 0.152 e. The monoisotopic (exact) mass is 214 g/mol. The van der Waals surface area contributed by atoms with E-state index in [0.717, 1.165) is 17.2 Å². The van der Waals surface area contributed by atoms with Crippen LogP contribution in [-0.2, 0) is 7.05 Å². The molecule has 0 bridgehead atoms. The number of aldehydes is 1. The summed E-state index contributed by atoms with van der Waals surface area (Å²) in [5, 5.41) is 5.62. The minimum absolute atomic E-state index is 0.636. The van der Waals surface area contributed by atoms with Gasteiger partial charge in [0, 0.05) is 29.6 Å². The lowest BCUT2D eigenvalue weighted by atomic mass is 9.81. The molecular weight excluding hydrogens is 200 g/mol. The normalized spacial score (nSPS) is 16.3. The Hall–Kier alpha value is -1.64. The van der Waals surface area contributed by atoms with E-state index in [2.05, 4.69) is 11.2 Å². The van der Waals surface area contributed by atoms with Crippen LogP contribution in [0.25, 0.3) is 10.9 Å². The van der Waals surface area contributed by atoms with Gasteiger partial charge >= 0.3 is 0 Å². The molecule has 1 aliphatic carbocycles. The quantitative estimate of drug-likeness (QED) is 0.720. The standard InChI is InChI=1S/C13H14N2O/c1-15-13(9-4-2-5-9)11-7-3-6-10(8-16)12(11)14-15/h3,6-9H,2,4-5H2,1H3. The summed E-state index contributed by atoms with van der Waals surface area (Å²) >= 11 is 0. The Kier molecular flexibility index (Phi) is 2.06. The maximum atomic E-state index is 10.9. The summed E-state index contributed by atoms with van der Waals surface area (Å²) in [6.07, 6.45) is 4.70. The number of benzene rings is 1. The average Bonchev–Trinajstić information content (AvgIpc) is 2.54. The molecule has 1 saturated carbocycles. The molecule has 3 rings (SSSR count). The second-order valence-corrected chi connectivity index (χ2v) is 4.50. The van der Waals surface area contributed by atoms with Gasteiger partial charge in [-0.1, -0.05) is 18.6 Å². The molecule has 0 amide bonds. The third-order valence-electron chi connectivity index (χ3n) is 3.56. The Morgan fingerprint density at radius 2 is 2.25 bits per heavy atom. The zero-order valence-corrected chi connectivity index (χ0v) is 9.31. The van der Waals surface area contributed by atoms with Crippen molar-refractivity contribution in [3.05, 3.63) is 29.5 Å². The number of aromatic nitrogens is 2. The highest BCUT2D eigenvalue weighted by molar-refractivity contribution is 5.96. The number of rotatable bonds is 2. The van der Waals surface area contributed by atoms with Crippen molar-refractivity contribution < 1.29 is 4.79 Å². The minimum atomic E-state index is 0.636. The van der Waals surface area contributed by atoms with E-state index in [1.54, 1.807) is 0 Å². The van der Waals surface area contributed by atoms with Crippen LogP contribution in [0.1, 0.15) is 41.2 Å². The lowest BCUT2D eigenvalue weighted by Gasteiger charge is -2.25. The molecule has 1 fully saturated rings. The van der Waals surface area contributed by atoms with Crippen molar-refractivity contribution in [2.45, 2.75) is 25.2 Å². The molecule has 16 heavy (non-hydrogen) atoms. The van der Waals surface area contributed by atoms with Crippen LogP contribution in [0.3, 0.4) is 0 Å². The maximum absolute atomic E-state index is 10.9. The molecule has 0 aliphatic heterocycles. The van der Waals surface area contributed by atoms with Crippen LogP contribution in [0.2, 0.25) is 0 Å². The number of fused-ring (bicyclic) bond motifs is 1. The highest BCUT2D eigenvalue weighted by Crippen LogP contribution is 2.39. The van der Waals surface area contributed by atoms with Crippen LogP contribution in [0.4, 0.5) is 0 Å². The first-order valence-corrected chi connectivity index (χ1v) is 5.72. The molecule has 0 radical (unpaired) electrons. The fourth-order valence-electron chi connectivity index (χ4n) is 2.52. The summed E-state index contributed by atoms with van der Waals surface area (Å²) in [5.41, 5.74) is 2.84. The average molecular weight is 214 g/mol. The van der Waals surface area contributed by atoms with Gasteiger partial charge < -0.3 is 0 Å². The predicted molar refractivity (Wildman–Crippen MR) is 62.7 cm³/mol. The van der Waals surface area contributed by atoms with Gasteiger partial charge in [-0.3, -0.25) is 9.48 Å². The summed E-state index contributed by atoms with van der Waals surface area (Å²) in [5.74, 6) is 0.636. The molecule has 0 spiro atoms. The van der Waals surface area contributed by atoms with Crippen molar-refractivity contribution in [2.24, 2.45) is 7.05 Å². The number of nitrogens with zero attached hydrogens (tertiary/aromatic N) is 2. The number of carbonyl (C=O) groups excluding carboxylic acids is 1. The first-order chi connectivity index (χ1) is 7.81. The Balaban J connectivity index is 2.27. The highest BCUT2D eigenvalue weighted by Gasteiger charge is 2.25. The van der Waals surface area contributed by atoms with Crippen molar-refractivity contribution >= 4 is 17.2 Å². The van der Waals surface area contributed by atoms with Crippen LogP contribution < -0.4 is 0 Å². The molecule has 3 heteroatoms. The van der Waals surface area contributed by atoms with Gasteiger partial charge in [0.1, 0.15) is 5.52 Å².